The second-order valence-electron chi connectivity index (χ2n) is 5.11. The molecular weight excluding hydrogens is 311 g/mol. The summed E-state index contributed by atoms with van der Waals surface area (Å²) in [6.07, 6.45) is 1.28. The number of anilines is 1. The molecule has 0 heterocycles. The van der Waals surface area contributed by atoms with Gasteiger partial charge in [0.15, 0.2) is 0 Å². The van der Waals surface area contributed by atoms with Gasteiger partial charge in [0.2, 0.25) is 5.91 Å². The Bertz CT molecular complexity index is 437. The largest absolute Gasteiger partial charge is 0.330 e. The van der Waals surface area contributed by atoms with Crippen molar-refractivity contribution in [2.75, 3.05) is 11.9 Å². The summed E-state index contributed by atoms with van der Waals surface area (Å²) in [5.41, 5.74) is 6.12. The Morgan fingerprint density at radius 2 is 2.16 bits per heavy atom. The molecule has 0 fully saturated rings. The van der Waals surface area contributed by atoms with E-state index in [-0.39, 0.29) is 11.8 Å². The SMILES string of the molecule is CC(C)C[C@H](CN)CC(=O)Nc1ccc(Br)c(F)c1. The van der Waals surface area contributed by atoms with Crippen molar-refractivity contribution in [3.63, 3.8) is 0 Å². The summed E-state index contributed by atoms with van der Waals surface area (Å²) in [5, 5.41) is 2.69. The van der Waals surface area contributed by atoms with E-state index in [9.17, 15) is 9.18 Å². The summed E-state index contributed by atoms with van der Waals surface area (Å²) in [6, 6.07) is 4.52. The molecule has 0 aliphatic rings. The minimum atomic E-state index is -0.393. The van der Waals surface area contributed by atoms with Gasteiger partial charge in [-0.25, -0.2) is 4.39 Å². The fourth-order valence-corrected chi connectivity index (χ4v) is 2.22. The van der Waals surface area contributed by atoms with Gasteiger partial charge in [-0.3, -0.25) is 4.79 Å². The molecule has 1 aromatic rings. The number of benzene rings is 1. The quantitative estimate of drug-likeness (QED) is 0.838. The predicted octanol–water partition coefficient (Wildman–Crippen LogP) is 3.54. The minimum Gasteiger partial charge on any atom is -0.330 e. The van der Waals surface area contributed by atoms with Crippen LogP contribution < -0.4 is 11.1 Å². The van der Waals surface area contributed by atoms with Gasteiger partial charge in [-0.05, 0) is 58.9 Å². The smallest absolute Gasteiger partial charge is 0.224 e. The molecular formula is C14H20BrFN2O. The fraction of sp³-hybridized carbons (Fsp3) is 0.500. The van der Waals surface area contributed by atoms with Crippen molar-refractivity contribution in [3.05, 3.63) is 28.5 Å². The average molecular weight is 331 g/mol. The molecule has 3 nitrogen and oxygen atoms in total. The van der Waals surface area contributed by atoms with Gasteiger partial charge in [0.1, 0.15) is 5.82 Å². The molecule has 0 radical (unpaired) electrons. The van der Waals surface area contributed by atoms with Crippen LogP contribution in [0.2, 0.25) is 0 Å². The van der Waals surface area contributed by atoms with E-state index in [1.165, 1.54) is 6.07 Å². The molecule has 1 aromatic carbocycles. The Balaban J connectivity index is 2.56. The highest BCUT2D eigenvalue weighted by molar-refractivity contribution is 9.10. The van der Waals surface area contributed by atoms with Crippen LogP contribution in [-0.2, 0) is 4.79 Å². The van der Waals surface area contributed by atoms with Crippen molar-refractivity contribution in [1.82, 2.24) is 0 Å². The lowest BCUT2D eigenvalue weighted by atomic mass is 9.94. The number of halogens is 2. The van der Waals surface area contributed by atoms with Crippen LogP contribution in [0.5, 0.6) is 0 Å². The lowest BCUT2D eigenvalue weighted by Gasteiger charge is -2.16. The molecule has 1 rings (SSSR count). The van der Waals surface area contributed by atoms with Crippen LogP contribution in [0.4, 0.5) is 10.1 Å². The van der Waals surface area contributed by atoms with Crippen molar-refractivity contribution >= 4 is 27.5 Å². The first-order chi connectivity index (χ1) is 8.92. The topological polar surface area (TPSA) is 55.1 Å². The molecule has 19 heavy (non-hydrogen) atoms. The van der Waals surface area contributed by atoms with Gasteiger partial charge in [0.25, 0.3) is 0 Å². The maximum absolute atomic E-state index is 13.3. The number of carbonyl (C=O) groups excluding carboxylic acids is 1. The van der Waals surface area contributed by atoms with Gasteiger partial charge in [-0.2, -0.15) is 0 Å². The number of nitrogens with one attached hydrogen (secondary N) is 1. The molecule has 0 bridgehead atoms. The van der Waals surface area contributed by atoms with Gasteiger partial charge < -0.3 is 11.1 Å². The zero-order valence-corrected chi connectivity index (χ0v) is 12.8. The molecule has 0 aliphatic heterocycles. The zero-order valence-electron chi connectivity index (χ0n) is 11.2. The van der Waals surface area contributed by atoms with Crippen LogP contribution in [0.25, 0.3) is 0 Å². The molecule has 1 amide bonds. The van der Waals surface area contributed by atoms with Gasteiger partial charge in [-0.15, -0.1) is 0 Å². The van der Waals surface area contributed by atoms with Gasteiger partial charge in [-0.1, -0.05) is 13.8 Å². The maximum atomic E-state index is 13.3. The number of carbonyl (C=O) groups is 1. The van der Waals surface area contributed by atoms with Crippen molar-refractivity contribution < 1.29 is 9.18 Å². The first-order valence-corrected chi connectivity index (χ1v) is 7.16. The molecule has 106 valence electrons. The molecule has 0 saturated heterocycles. The van der Waals surface area contributed by atoms with E-state index in [0.29, 0.717) is 29.0 Å². The first-order valence-electron chi connectivity index (χ1n) is 6.37. The minimum absolute atomic E-state index is 0.127. The fourth-order valence-electron chi connectivity index (χ4n) is 1.98. The molecule has 0 aromatic heterocycles. The number of amides is 1. The van der Waals surface area contributed by atoms with E-state index in [1.54, 1.807) is 12.1 Å². The number of nitrogens with two attached hydrogens (primary N) is 1. The lowest BCUT2D eigenvalue weighted by Crippen LogP contribution is -2.23. The summed E-state index contributed by atoms with van der Waals surface area (Å²) in [4.78, 5) is 11.9. The molecule has 0 saturated carbocycles. The number of rotatable bonds is 6. The Hall–Kier alpha value is -0.940. The highest BCUT2D eigenvalue weighted by atomic mass is 79.9. The third kappa shape index (κ3) is 5.70. The van der Waals surface area contributed by atoms with Crippen molar-refractivity contribution in [1.29, 1.82) is 0 Å². The van der Waals surface area contributed by atoms with E-state index in [0.717, 1.165) is 6.42 Å². The van der Waals surface area contributed by atoms with E-state index in [1.807, 2.05) is 0 Å². The van der Waals surface area contributed by atoms with Crippen molar-refractivity contribution in [3.8, 4) is 0 Å². The molecule has 0 spiro atoms. The Labute approximate surface area is 121 Å². The summed E-state index contributed by atoms with van der Waals surface area (Å²) in [7, 11) is 0. The Kier molecular flexibility index (Phi) is 6.45. The van der Waals surface area contributed by atoms with Gasteiger partial charge in [0, 0.05) is 12.1 Å². The molecule has 0 unspecified atom stereocenters. The van der Waals surface area contributed by atoms with Crippen LogP contribution in [-0.4, -0.2) is 12.5 Å². The molecule has 0 aliphatic carbocycles. The second kappa shape index (κ2) is 7.60. The first kappa shape index (κ1) is 16.1. The van der Waals surface area contributed by atoms with Crippen LogP contribution in [0.3, 0.4) is 0 Å². The number of hydrogen-bond acceptors (Lipinski definition) is 2. The zero-order chi connectivity index (χ0) is 14.4. The van der Waals surface area contributed by atoms with E-state index < -0.39 is 5.82 Å². The maximum Gasteiger partial charge on any atom is 0.224 e. The molecule has 1 atom stereocenters. The third-order valence-corrected chi connectivity index (χ3v) is 3.46. The van der Waals surface area contributed by atoms with Gasteiger partial charge >= 0.3 is 0 Å². The van der Waals surface area contributed by atoms with E-state index in [2.05, 4.69) is 35.1 Å². The highest BCUT2D eigenvalue weighted by Crippen LogP contribution is 2.20. The predicted molar refractivity (Wildman–Crippen MR) is 79.3 cm³/mol. The van der Waals surface area contributed by atoms with Crippen molar-refractivity contribution in [2.45, 2.75) is 26.7 Å². The lowest BCUT2D eigenvalue weighted by molar-refractivity contribution is -0.117. The van der Waals surface area contributed by atoms with E-state index >= 15 is 0 Å². The summed E-state index contributed by atoms with van der Waals surface area (Å²) in [5.74, 6) is 0.153. The highest BCUT2D eigenvalue weighted by Gasteiger charge is 2.14. The Morgan fingerprint density at radius 3 is 2.68 bits per heavy atom. The van der Waals surface area contributed by atoms with Crippen LogP contribution >= 0.6 is 15.9 Å². The van der Waals surface area contributed by atoms with Crippen LogP contribution in [0.15, 0.2) is 22.7 Å². The second-order valence-corrected chi connectivity index (χ2v) is 5.97. The normalized spacial score (nSPS) is 12.5. The standard InChI is InChI=1S/C14H20BrFN2O/c1-9(2)5-10(8-17)6-14(19)18-11-3-4-12(15)13(16)7-11/h3-4,7,9-10H,5-6,8,17H2,1-2H3,(H,18,19)/t10-/m0/s1. The third-order valence-electron chi connectivity index (χ3n) is 2.82. The Morgan fingerprint density at radius 1 is 1.47 bits per heavy atom. The summed E-state index contributed by atoms with van der Waals surface area (Å²) < 4.78 is 13.7. The van der Waals surface area contributed by atoms with E-state index in [4.69, 9.17) is 5.73 Å². The monoisotopic (exact) mass is 330 g/mol. The summed E-state index contributed by atoms with van der Waals surface area (Å²) >= 11 is 3.07. The van der Waals surface area contributed by atoms with Crippen LogP contribution in [0.1, 0.15) is 26.7 Å². The molecule has 5 heteroatoms. The average Bonchev–Trinajstić information content (AvgIpc) is 2.32. The van der Waals surface area contributed by atoms with Gasteiger partial charge in [0.05, 0.1) is 4.47 Å². The van der Waals surface area contributed by atoms with Crippen molar-refractivity contribution in [2.24, 2.45) is 17.6 Å². The summed E-state index contributed by atoms with van der Waals surface area (Å²) in [6.45, 7) is 4.69. The number of hydrogen-bond donors (Lipinski definition) is 2. The molecule has 3 N–H and O–H groups in total. The van der Waals surface area contributed by atoms with Crippen LogP contribution in [0, 0.1) is 17.7 Å².